The predicted octanol–water partition coefficient (Wildman–Crippen LogP) is 4.95. The Hall–Kier alpha value is -1.02. The summed E-state index contributed by atoms with van der Waals surface area (Å²) in [7, 11) is 1.73. The molecule has 0 saturated heterocycles. The molecule has 2 rings (SSSR count). The molecule has 0 aromatic heterocycles. The van der Waals surface area contributed by atoms with Crippen LogP contribution in [0.5, 0.6) is 5.75 Å². The molecular formula is C19H31NO. The van der Waals surface area contributed by atoms with E-state index >= 15 is 0 Å². The SMILES string of the molecule is CCCC1CCC(C(NCC)c2ccc(OC)cc2)CC1. The summed E-state index contributed by atoms with van der Waals surface area (Å²) in [5, 5.41) is 3.71. The van der Waals surface area contributed by atoms with E-state index in [4.69, 9.17) is 4.74 Å². The molecule has 2 heteroatoms. The normalized spacial score (nSPS) is 23.8. The van der Waals surface area contributed by atoms with Crippen LogP contribution in [0.1, 0.15) is 64.0 Å². The van der Waals surface area contributed by atoms with Crippen molar-refractivity contribution >= 4 is 0 Å². The Morgan fingerprint density at radius 1 is 1.10 bits per heavy atom. The van der Waals surface area contributed by atoms with Gasteiger partial charge in [0.15, 0.2) is 0 Å². The average molecular weight is 289 g/mol. The van der Waals surface area contributed by atoms with Gasteiger partial charge in [-0.05, 0) is 48.9 Å². The molecule has 0 aliphatic heterocycles. The van der Waals surface area contributed by atoms with E-state index in [9.17, 15) is 0 Å². The Morgan fingerprint density at radius 3 is 2.29 bits per heavy atom. The van der Waals surface area contributed by atoms with Gasteiger partial charge in [0, 0.05) is 6.04 Å². The molecule has 1 aromatic carbocycles. The highest BCUT2D eigenvalue weighted by Gasteiger charge is 2.27. The van der Waals surface area contributed by atoms with E-state index in [-0.39, 0.29) is 0 Å². The van der Waals surface area contributed by atoms with Gasteiger partial charge in [-0.3, -0.25) is 0 Å². The lowest BCUT2D eigenvalue weighted by Crippen LogP contribution is -2.31. The van der Waals surface area contributed by atoms with Crippen molar-refractivity contribution in [3.05, 3.63) is 29.8 Å². The molecule has 1 fully saturated rings. The highest BCUT2D eigenvalue weighted by molar-refractivity contribution is 5.29. The fraction of sp³-hybridized carbons (Fsp3) is 0.684. The van der Waals surface area contributed by atoms with Crippen LogP contribution in [0.2, 0.25) is 0 Å². The summed E-state index contributed by atoms with van der Waals surface area (Å²) in [4.78, 5) is 0. The van der Waals surface area contributed by atoms with Crippen LogP contribution in [0.25, 0.3) is 0 Å². The smallest absolute Gasteiger partial charge is 0.118 e. The Morgan fingerprint density at radius 2 is 1.76 bits per heavy atom. The molecule has 0 spiro atoms. The van der Waals surface area contributed by atoms with Gasteiger partial charge in [-0.25, -0.2) is 0 Å². The van der Waals surface area contributed by atoms with Crippen LogP contribution in [-0.4, -0.2) is 13.7 Å². The summed E-state index contributed by atoms with van der Waals surface area (Å²) in [5.41, 5.74) is 1.41. The molecule has 2 nitrogen and oxygen atoms in total. The van der Waals surface area contributed by atoms with Crippen molar-refractivity contribution in [1.82, 2.24) is 5.32 Å². The molecule has 1 N–H and O–H groups in total. The number of benzene rings is 1. The number of hydrogen-bond acceptors (Lipinski definition) is 2. The second kappa shape index (κ2) is 8.43. The minimum absolute atomic E-state index is 0.503. The number of ether oxygens (including phenoxy) is 1. The molecule has 0 bridgehead atoms. The van der Waals surface area contributed by atoms with E-state index in [1.54, 1.807) is 7.11 Å². The average Bonchev–Trinajstić information content (AvgIpc) is 2.54. The fourth-order valence-electron chi connectivity index (χ4n) is 3.81. The summed E-state index contributed by atoms with van der Waals surface area (Å²) >= 11 is 0. The summed E-state index contributed by atoms with van der Waals surface area (Å²) < 4.78 is 5.27. The molecule has 1 aliphatic rings. The van der Waals surface area contributed by atoms with E-state index in [1.165, 1.54) is 44.1 Å². The van der Waals surface area contributed by atoms with Gasteiger partial charge in [0.05, 0.1) is 7.11 Å². The van der Waals surface area contributed by atoms with Crippen molar-refractivity contribution in [3.63, 3.8) is 0 Å². The predicted molar refractivity (Wildman–Crippen MR) is 89.8 cm³/mol. The van der Waals surface area contributed by atoms with Gasteiger partial charge in [-0.15, -0.1) is 0 Å². The van der Waals surface area contributed by atoms with E-state index in [0.29, 0.717) is 6.04 Å². The zero-order valence-electron chi connectivity index (χ0n) is 13.9. The standard InChI is InChI=1S/C19H31NO/c1-4-6-15-7-9-16(10-8-15)19(20-5-2)17-11-13-18(21-3)14-12-17/h11-16,19-20H,4-10H2,1-3H3. The molecule has 1 aliphatic carbocycles. The van der Waals surface area contributed by atoms with Gasteiger partial charge in [-0.1, -0.05) is 51.7 Å². The zero-order chi connectivity index (χ0) is 15.1. The van der Waals surface area contributed by atoms with Gasteiger partial charge in [0.2, 0.25) is 0 Å². The Bertz CT molecular complexity index is 393. The molecule has 0 heterocycles. The molecule has 118 valence electrons. The second-order valence-electron chi connectivity index (χ2n) is 6.38. The molecular weight excluding hydrogens is 258 g/mol. The Kier molecular flexibility index (Phi) is 6.56. The van der Waals surface area contributed by atoms with Crippen LogP contribution >= 0.6 is 0 Å². The van der Waals surface area contributed by atoms with E-state index < -0.39 is 0 Å². The van der Waals surface area contributed by atoms with Crippen LogP contribution in [0.15, 0.2) is 24.3 Å². The monoisotopic (exact) mass is 289 g/mol. The van der Waals surface area contributed by atoms with Gasteiger partial charge < -0.3 is 10.1 Å². The fourth-order valence-corrected chi connectivity index (χ4v) is 3.81. The van der Waals surface area contributed by atoms with E-state index in [1.807, 2.05) is 0 Å². The highest BCUT2D eigenvalue weighted by atomic mass is 16.5. The maximum atomic E-state index is 5.27. The first-order chi connectivity index (χ1) is 10.3. The van der Waals surface area contributed by atoms with Crippen LogP contribution in [0.4, 0.5) is 0 Å². The first kappa shape index (κ1) is 16.4. The summed E-state index contributed by atoms with van der Waals surface area (Å²) in [6, 6.07) is 9.13. The van der Waals surface area contributed by atoms with Gasteiger partial charge in [0.1, 0.15) is 5.75 Å². The number of methoxy groups -OCH3 is 1. The third-order valence-corrected chi connectivity index (χ3v) is 4.96. The Labute approximate surface area is 130 Å². The summed E-state index contributed by atoms with van der Waals surface area (Å²) in [6.45, 7) is 5.55. The third-order valence-electron chi connectivity index (χ3n) is 4.96. The maximum absolute atomic E-state index is 5.27. The van der Waals surface area contributed by atoms with Crippen molar-refractivity contribution < 1.29 is 4.74 Å². The van der Waals surface area contributed by atoms with Gasteiger partial charge >= 0.3 is 0 Å². The lowest BCUT2D eigenvalue weighted by molar-refractivity contribution is 0.215. The minimum Gasteiger partial charge on any atom is -0.497 e. The molecule has 0 radical (unpaired) electrons. The van der Waals surface area contributed by atoms with Crippen molar-refractivity contribution in [2.75, 3.05) is 13.7 Å². The zero-order valence-corrected chi connectivity index (χ0v) is 13.9. The van der Waals surface area contributed by atoms with Gasteiger partial charge in [0.25, 0.3) is 0 Å². The molecule has 21 heavy (non-hydrogen) atoms. The second-order valence-corrected chi connectivity index (χ2v) is 6.38. The van der Waals surface area contributed by atoms with Crippen molar-refractivity contribution in [2.24, 2.45) is 11.8 Å². The number of rotatable bonds is 7. The lowest BCUT2D eigenvalue weighted by atomic mass is 9.75. The van der Waals surface area contributed by atoms with Crippen molar-refractivity contribution in [2.45, 2.75) is 58.4 Å². The quantitative estimate of drug-likeness (QED) is 0.766. The van der Waals surface area contributed by atoms with Crippen molar-refractivity contribution in [3.8, 4) is 5.75 Å². The van der Waals surface area contributed by atoms with Gasteiger partial charge in [-0.2, -0.15) is 0 Å². The first-order valence-corrected chi connectivity index (χ1v) is 8.65. The van der Waals surface area contributed by atoms with Crippen LogP contribution in [-0.2, 0) is 0 Å². The summed E-state index contributed by atoms with van der Waals surface area (Å²) in [6.07, 6.45) is 8.32. The Balaban J connectivity index is 2.01. The van der Waals surface area contributed by atoms with E-state index in [0.717, 1.165) is 24.1 Å². The largest absolute Gasteiger partial charge is 0.497 e. The maximum Gasteiger partial charge on any atom is 0.118 e. The van der Waals surface area contributed by atoms with Crippen LogP contribution in [0, 0.1) is 11.8 Å². The number of nitrogens with one attached hydrogen (secondary N) is 1. The highest BCUT2D eigenvalue weighted by Crippen LogP contribution is 2.38. The first-order valence-electron chi connectivity index (χ1n) is 8.65. The van der Waals surface area contributed by atoms with Crippen LogP contribution in [0.3, 0.4) is 0 Å². The van der Waals surface area contributed by atoms with Crippen molar-refractivity contribution in [1.29, 1.82) is 0 Å². The lowest BCUT2D eigenvalue weighted by Gasteiger charge is -2.34. The minimum atomic E-state index is 0.503. The molecule has 1 unspecified atom stereocenters. The molecule has 1 saturated carbocycles. The van der Waals surface area contributed by atoms with Crippen LogP contribution < -0.4 is 10.1 Å². The third kappa shape index (κ3) is 4.47. The summed E-state index contributed by atoms with van der Waals surface area (Å²) in [5.74, 6) is 2.71. The topological polar surface area (TPSA) is 21.3 Å². The number of hydrogen-bond donors (Lipinski definition) is 1. The molecule has 0 amide bonds. The molecule has 1 aromatic rings. The van der Waals surface area contributed by atoms with E-state index in [2.05, 4.69) is 43.4 Å². The molecule has 1 atom stereocenters.